The third-order valence-electron chi connectivity index (χ3n) is 6.58. The van der Waals surface area contributed by atoms with Crippen LogP contribution in [0.2, 0.25) is 0 Å². The van der Waals surface area contributed by atoms with Crippen LogP contribution in [0, 0.1) is 0 Å². The highest BCUT2D eigenvalue weighted by Crippen LogP contribution is 2.38. The molecule has 1 saturated heterocycles. The summed E-state index contributed by atoms with van der Waals surface area (Å²) in [6, 6.07) is 13.9. The standard InChI is InChI=1S/C30H40F3NO5/c1-21(23-10-8-7-9-11-23)15-17-36-25-13-12-22(18-24(25)30(31,32)33)14-16-29(19-37-28(5,6)38-20-29)34-26(35)39-27(2,3)4/h7-13,18,21H,14-17,19-20H2,1-6H3,(H,34,35). The van der Waals surface area contributed by atoms with Gasteiger partial charge in [-0.25, -0.2) is 4.79 Å². The number of amides is 1. The number of ether oxygens (including phenoxy) is 4. The van der Waals surface area contributed by atoms with Crippen LogP contribution in [0.15, 0.2) is 48.5 Å². The first-order valence-electron chi connectivity index (χ1n) is 13.2. The highest BCUT2D eigenvalue weighted by molar-refractivity contribution is 5.69. The van der Waals surface area contributed by atoms with Gasteiger partial charge in [0.25, 0.3) is 0 Å². The Labute approximate surface area is 229 Å². The lowest BCUT2D eigenvalue weighted by molar-refractivity contribution is -0.271. The molecule has 6 nitrogen and oxygen atoms in total. The average Bonchev–Trinajstić information content (AvgIpc) is 2.84. The molecule has 2 aromatic rings. The van der Waals surface area contributed by atoms with Gasteiger partial charge in [-0.1, -0.05) is 43.3 Å². The van der Waals surface area contributed by atoms with Crippen LogP contribution in [0.5, 0.6) is 5.75 Å². The molecule has 9 heteroatoms. The second-order valence-electron chi connectivity index (χ2n) is 11.7. The summed E-state index contributed by atoms with van der Waals surface area (Å²) in [7, 11) is 0. The predicted octanol–water partition coefficient (Wildman–Crippen LogP) is 7.26. The molecule has 1 heterocycles. The second-order valence-corrected chi connectivity index (χ2v) is 11.7. The van der Waals surface area contributed by atoms with Gasteiger partial charge in [0.15, 0.2) is 5.79 Å². The molecule has 0 aromatic heterocycles. The molecule has 0 aliphatic carbocycles. The number of alkyl halides is 3. The molecule has 1 unspecified atom stereocenters. The topological polar surface area (TPSA) is 66.0 Å². The van der Waals surface area contributed by atoms with Crippen LogP contribution < -0.4 is 10.1 Å². The molecule has 0 radical (unpaired) electrons. The maximum atomic E-state index is 14.0. The largest absolute Gasteiger partial charge is 0.493 e. The van der Waals surface area contributed by atoms with E-state index in [4.69, 9.17) is 18.9 Å². The fourth-order valence-electron chi connectivity index (χ4n) is 4.26. The van der Waals surface area contributed by atoms with E-state index in [-0.39, 0.29) is 44.3 Å². The van der Waals surface area contributed by atoms with Crippen molar-refractivity contribution in [3.63, 3.8) is 0 Å². The van der Waals surface area contributed by atoms with Crippen molar-refractivity contribution in [1.82, 2.24) is 5.32 Å². The summed E-state index contributed by atoms with van der Waals surface area (Å²) in [5.41, 5.74) is -0.919. The SMILES string of the molecule is CC(CCOc1ccc(CCC2(NC(=O)OC(C)(C)C)COC(C)(C)OC2)cc1C(F)(F)F)c1ccccc1. The van der Waals surface area contributed by atoms with E-state index in [1.807, 2.05) is 37.3 Å². The molecule has 0 bridgehead atoms. The van der Waals surface area contributed by atoms with Crippen LogP contribution in [0.1, 0.15) is 77.0 Å². The molecule has 0 spiro atoms. The minimum absolute atomic E-state index is 0.131. The fourth-order valence-corrected chi connectivity index (χ4v) is 4.26. The second kappa shape index (κ2) is 12.2. The number of hydrogen-bond acceptors (Lipinski definition) is 5. The molecular weight excluding hydrogens is 511 g/mol. The number of halogens is 3. The number of benzene rings is 2. The lowest BCUT2D eigenvalue weighted by atomic mass is 9.91. The van der Waals surface area contributed by atoms with E-state index >= 15 is 0 Å². The smallest absolute Gasteiger partial charge is 0.419 e. The number of carbonyl (C=O) groups excluding carboxylic acids is 1. The normalized spacial score (nSPS) is 17.8. The van der Waals surface area contributed by atoms with Gasteiger partial charge in [-0.2, -0.15) is 13.2 Å². The number of aryl methyl sites for hydroxylation is 1. The molecule has 1 atom stereocenters. The third-order valence-corrected chi connectivity index (χ3v) is 6.58. The van der Waals surface area contributed by atoms with Crippen LogP contribution in [0.4, 0.5) is 18.0 Å². The van der Waals surface area contributed by atoms with Crippen LogP contribution in [-0.2, 0) is 26.8 Å². The minimum Gasteiger partial charge on any atom is -0.493 e. The maximum absolute atomic E-state index is 14.0. The van der Waals surface area contributed by atoms with Crippen molar-refractivity contribution in [3.8, 4) is 5.75 Å². The summed E-state index contributed by atoms with van der Waals surface area (Å²) in [6.45, 7) is 11.2. The Morgan fingerprint density at radius 2 is 1.69 bits per heavy atom. The monoisotopic (exact) mass is 551 g/mol. The predicted molar refractivity (Wildman–Crippen MR) is 143 cm³/mol. The zero-order valence-corrected chi connectivity index (χ0v) is 23.6. The first-order valence-corrected chi connectivity index (χ1v) is 13.2. The Hall–Kier alpha value is -2.78. The Bertz CT molecular complexity index is 1090. The summed E-state index contributed by atoms with van der Waals surface area (Å²) in [5.74, 6) is -0.878. The molecule has 1 aliphatic heterocycles. The highest BCUT2D eigenvalue weighted by Gasteiger charge is 2.42. The average molecular weight is 552 g/mol. The van der Waals surface area contributed by atoms with Crippen LogP contribution in [0.3, 0.4) is 0 Å². The van der Waals surface area contributed by atoms with Crippen molar-refractivity contribution >= 4 is 6.09 Å². The van der Waals surface area contributed by atoms with Gasteiger partial charge in [-0.15, -0.1) is 0 Å². The summed E-state index contributed by atoms with van der Waals surface area (Å²) >= 11 is 0. The van der Waals surface area contributed by atoms with Crippen molar-refractivity contribution < 1.29 is 36.9 Å². The highest BCUT2D eigenvalue weighted by atomic mass is 19.4. The fraction of sp³-hybridized carbons (Fsp3) is 0.567. The molecule has 39 heavy (non-hydrogen) atoms. The first kappa shape index (κ1) is 30.8. The Balaban J connectivity index is 1.70. The molecule has 1 aliphatic rings. The lowest BCUT2D eigenvalue weighted by Crippen LogP contribution is -2.61. The third kappa shape index (κ3) is 9.42. The molecule has 1 N–H and O–H groups in total. The summed E-state index contributed by atoms with van der Waals surface area (Å²) < 4.78 is 64.5. The van der Waals surface area contributed by atoms with Crippen LogP contribution in [-0.4, -0.2) is 42.8 Å². The number of alkyl carbamates (subject to hydrolysis) is 1. The maximum Gasteiger partial charge on any atom is 0.419 e. The van der Waals surface area contributed by atoms with Gasteiger partial charge in [-0.05, 0) is 83.1 Å². The molecule has 216 valence electrons. The van der Waals surface area contributed by atoms with Gasteiger partial charge in [0.05, 0.1) is 30.9 Å². The molecule has 3 rings (SSSR count). The van der Waals surface area contributed by atoms with E-state index in [1.165, 1.54) is 6.07 Å². The van der Waals surface area contributed by atoms with Crippen molar-refractivity contribution in [2.24, 2.45) is 0 Å². The molecule has 1 fully saturated rings. The minimum atomic E-state index is -4.58. The quantitative estimate of drug-likeness (QED) is 0.355. The zero-order chi connectivity index (χ0) is 28.9. The first-order chi connectivity index (χ1) is 18.1. The van der Waals surface area contributed by atoms with E-state index in [0.717, 1.165) is 11.6 Å². The number of carbonyl (C=O) groups is 1. The number of hydrogen-bond donors (Lipinski definition) is 1. The van der Waals surface area contributed by atoms with Gasteiger partial charge in [-0.3, -0.25) is 0 Å². The van der Waals surface area contributed by atoms with Crippen LogP contribution >= 0.6 is 0 Å². The van der Waals surface area contributed by atoms with E-state index in [0.29, 0.717) is 12.0 Å². The van der Waals surface area contributed by atoms with Crippen molar-refractivity contribution in [2.75, 3.05) is 19.8 Å². The van der Waals surface area contributed by atoms with Gasteiger partial charge in [0, 0.05) is 0 Å². The lowest BCUT2D eigenvalue weighted by Gasteiger charge is -2.44. The molecule has 2 aromatic carbocycles. The number of rotatable bonds is 9. The Morgan fingerprint density at radius 1 is 1.05 bits per heavy atom. The summed E-state index contributed by atoms with van der Waals surface area (Å²) in [5, 5.41) is 2.85. The summed E-state index contributed by atoms with van der Waals surface area (Å²) in [4.78, 5) is 12.6. The Morgan fingerprint density at radius 3 is 2.28 bits per heavy atom. The molecule has 1 amide bonds. The van der Waals surface area contributed by atoms with Crippen molar-refractivity contribution in [3.05, 3.63) is 65.2 Å². The Kier molecular flexibility index (Phi) is 9.60. The van der Waals surface area contributed by atoms with Gasteiger partial charge < -0.3 is 24.3 Å². The van der Waals surface area contributed by atoms with Gasteiger partial charge in [0.1, 0.15) is 11.4 Å². The molecule has 0 saturated carbocycles. The zero-order valence-electron chi connectivity index (χ0n) is 23.6. The van der Waals surface area contributed by atoms with E-state index < -0.39 is 34.8 Å². The molecular formula is C30H40F3NO5. The van der Waals surface area contributed by atoms with E-state index in [1.54, 1.807) is 40.7 Å². The van der Waals surface area contributed by atoms with Gasteiger partial charge >= 0.3 is 12.3 Å². The van der Waals surface area contributed by atoms with Crippen molar-refractivity contribution in [1.29, 1.82) is 0 Å². The van der Waals surface area contributed by atoms with Crippen LogP contribution in [0.25, 0.3) is 0 Å². The number of nitrogens with one attached hydrogen (secondary N) is 1. The van der Waals surface area contributed by atoms with Crippen molar-refractivity contribution in [2.45, 2.75) is 89.8 Å². The van der Waals surface area contributed by atoms with E-state index in [2.05, 4.69) is 5.32 Å². The summed E-state index contributed by atoms with van der Waals surface area (Å²) in [6.07, 6.45) is -4.10. The van der Waals surface area contributed by atoms with E-state index in [9.17, 15) is 18.0 Å². The van der Waals surface area contributed by atoms with Gasteiger partial charge in [0.2, 0.25) is 0 Å².